The Morgan fingerprint density at radius 3 is 2.35 bits per heavy atom. The second kappa shape index (κ2) is 9.80. The highest BCUT2D eigenvalue weighted by Crippen LogP contribution is 2.30. The van der Waals surface area contributed by atoms with E-state index in [1.807, 2.05) is 31.2 Å². The number of amides is 2. The summed E-state index contributed by atoms with van der Waals surface area (Å²) in [6.45, 7) is 4.28. The van der Waals surface area contributed by atoms with Gasteiger partial charge in [-0.05, 0) is 43.5 Å². The Morgan fingerprint density at radius 2 is 1.74 bits per heavy atom. The van der Waals surface area contributed by atoms with Gasteiger partial charge in [0.2, 0.25) is 21.8 Å². The van der Waals surface area contributed by atoms with E-state index in [1.54, 1.807) is 6.07 Å². The molecule has 1 atom stereocenters. The molecule has 1 fully saturated rings. The van der Waals surface area contributed by atoms with Crippen LogP contribution in [0.15, 0.2) is 47.4 Å². The van der Waals surface area contributed by atoms with Crippen LogP contribution in [0.3, 0.4) is 0 Å². The number of sulfonamides is 1. The van der Waals surface area contributed by atoms with Crippen LogP contribution >= 0.6 is 11.6 Å². The molecule has 1 saturated heterocycles. The molecule has 0 saturated carbocycles. The zero-order chi connectivity index (χ0) is 22.6. The fourth-order valence-corrected chi connectivity index (χ4v) is 5.56. The summed E-state index contributed by atoms with van der Waals surface area (Å²) in [5.41, 5.74) is 2.21. The van der Waals surface area contributed by atoms with Gasteiger partial charge in [0.05, 0.1) is 17.5 Å². The SMILES string of the molecule is CC(=O)NC(CC(=O)Nc1ccc(Cl)c(S(=O)(=O)N2CCCC2)c1)c1ccc(C)cc1. The maximum atomic E-state index is 12.9. The largest absolute Gasteiger partial charge is 0.349 e. The number of hydrogen-bond donors (Lipinski definition) is 2. The van der Waals surface area contributed by atoms with Gasteiger partial charge in [-0.3, -0.25) is 9.59 Å². The summed E-state index contributed by atoms with van der Waals surface area (Å²) < 4.78 is 27.2. The van der Waals surface area contributed by atoms with E-state index in [9.17, 15) is 18.0 Å². The van der Waals surface area contributed by atoms with E-state index in [0.29, 0.717) is 18.8 Å². The van der Waals surface area contributed by atoms with Crippen molar-refractivity contribution in [2.75, 3.05) is 18.4 Å². The molecular formula is C22H26ClN3O4S. The molecule has 3 rings (SSSR count). The highest BCUT2D eigenvalue weighted by molar-refractivity contribution is 7.89. The van der Waals surface area contributed by atoms with Gasteiger partial charge in [-0.25, -0.2) is 8.42 Å². The Morgan fingerprint density at radius 1 is 1.10 bits per heavy atom. The lowest BCUT2D eigenvalue weighted by molar-refractivity contribution is -0.120. The van der Waals surface area contributed by atoms with Crippen LogP contribution in [0.5, 0.6) is 0 Å². The summed E-state index contributed by atoms with van der Waals surface area (Å²) in [7, 11) is -3.72. The quantitative estimate of drug-likeness (QED) is 0.655. The van der Waals surface area contributed by atoms with Gasteiger partial charge < -0.3 is 10.6 Å². The number of nitrogens with zero attached hydrogens (tertiary/aromatic N) is 1. The minimum atomic E-state index is -3.72. The van der Waals surface area contributed by atoms with Crippen molar-refractivity contribution in [2.24, 2.45) is 0 Å². The van der Waals surface area contributed by atoms with Crippen molar-refractivity contribution in [3.8, 4) is 0 Å². The standard InChI is InChI=1S/C22H26ClN3O4S/c1-15-5-7-17(8-6-15)20(24-16(2)27)14-22(28)25-18-9-10-19(23)21(13-18)31(29,30)26-11-3-4-12-26/h5-10,13,20H,3-4,11-12,14H2,1-2H3,(H,24,27)(H,25,28). The molecule has 166 valence electrons. The predicted octanol–water partition coefficient (Wildman–Crippen LogP) is 3.64. The number of rotatable bonds is 7. The molecule has 9 heteroatoms. The third-order valence-electron chi connectivity index (χ3n) is 5.14. The summed E-state index contributed by atoms with van der Waals surface area (Å²) in [6, 6.07) is 11.5. The molecule has 0 bridgehead atoms. The van der Waals surface area contributed by atoms with Crippen LogP contribution in [0.25, 0.3) is 0 Å². The van der Waals surface area contributed by atoms with Crippen molar-refractivity contribution in [1.82, 2.24) is 9.62 Å². The minimum absolute atomic E-state index is 0.000520. The van der Waals surface area contributed by atoms with Crippen molar-refractivity contribution in [3.63, 3.8) is 0 Å². The molecule has 1 heterocycles. The molecular weight excluding hydrogens is 438 g/mol. The van der Waals surface area contributed by atoms with Gasteiger partial charge in [0, 0.05) is 25.7 Å². The minimum Gasteiger partial charge on any atom is -0.349 e. The van der Waals surface area contributed by atoms with E-state index in [4.69, 9.17) is 11.6 Å². The van der Waals surface area contributed by atoms with Crippen molar-refractivity contribution in [3.05, 3.63) is 58.6 Å². The maximum Gasteiger partial charge on any atom is 0.244 e. The van der Waals surface area contributed by atoms with Crippen LogP contribution in [0.4, 0.5) is 5.69 Å². The number of carbonyl (C=O) groups excluding carboxylic acids is 2. The van der Waals surface area contributed by atoms with Gasteiger partial charge in [0.1, 0.15) is 4.90 Å². The molecule has 0 aliphatic carbocycles. The van der Waals surface area contributed by atoms with Gasteiger partial charge in [-0.1, -0.05) is 41.4 Å². The first kappa shape index (κ1) is 23.2. The fraction of sp³-hybridized carbons (Fsp3) is 0.364. The zero-order valence-electron chi connectivity index (χ0n) is 17.5. The number of nitrogens with one attached hydrogen (secondary N) is 2. The Balaban J connectivity index is 1.77. The number of anilines is 1. The number of hydrogen-bond acceptors (Lipinski definition) is 4. The van der Waals surface area contributed by atoms with Crippen molar-refractivity contribution >= 4 is 39.1 Å². The lowest BCUT2D eigenvalue weighted by Gasteiger charge is -2.19. The van der Waals surface area contributed by atoms with Crippen molar-refractivity contribution in [1.29, 1.82) is 0 Å². The summed E-state index contributed by atoms with van der Waals surface area (Å²) in [6.07, 6.45) is 1.63. The van der Waals surface area contributed by atoms with Crippen molar-refractivity contribution < 1.29 is 18.0 Å². The summed E-state index contributed by atoms with van der Waals surface area (Å²) in [4.78, 5) is 24.3. The maximum absolute atomic E-state index is 12.9. The van der Waals surface area contributed by atoms with Gasteiger partial charge >= 0.3 is 0 Å². The Kier molecular flexibility index (Phi) is 7.35. The second-order valence-corrected chi connectivity index (χ2v) is 9.99. The van der Waals surface area contributed by atoms with E-state index in [2.05, 4.69) is 10.6 Å². The Hall–Kier alpha value is -2.42. The first-order valence-electron chi connectivity index (χ1n) is 10.1. The van der Waals surface area contributed by atoms with Gasteiger partial charge in [-0.2, -0.15) is 4.31 Å². The molecule has 2 aromatic carbocycles. The molecule has 2 N–H and O–H groups in total. The fourth-order valence-electron chi connectivity index (χ4n) is 3.54. The monoisotopic (exact) mass is 463 g/mol. The smallest absolute Gasteiger partial charge is 0.244 e. The van der Waals surface area contributed by atoms with Crippen LogP contribution in [-0.2, 0) is 19.6 Å². The van der Waals surface area contributed by atoms with E-state index < -0.39 is 16.1 Å². The highest BCUT2D eigenvalue weighted by Gasteiger charge is 2.29. The molecule has 1 aliphatic heterocycles. The average Bonchev–Trinajstić information content (AvgIpc) is 3.25. The molecule has 0 radical (unpaired) electrons. The normalized spacial score (nSPS) is 15.5. The molecule has 7 nitrogen and oxygen atoms in total. The molecule has 0 aromatic heterocycles. The lowest BCUT2D eigenvalue weighted by Crippen LogP contribution is -2.30. The molecule has 0 spiro atoms. The van der Waals surface area contributed by atoms with Crippen LogP contribution < -0.4 is 10.6 Å². The number of carbonyl (C=O) groups is 2. The molecule has 2 amide bonds. The summed E-state index contributed by atoms with van der Waals surface area (Å²) in [5, 5.41) is 5.63. The summed E-state index contributed by atoms with van der Waals surface area (Å²) in [5.74, 6) is -0.602. The molecule has 1 unspecified atom stereocenters. The molecule has 1 aliphatic rings. The topological polar surface area (TPSA) is 95.6 Å². The molecule has 31 heavy (non-hydrogen) atoms. The average molecular weight is 464 g/mol. The van der Waals surface area contributed by atoms with Gasteiger partial charge in [-0.15, -0.1) is 0 Å². The molecule has 2 aromatic rings. The van der Waals surface area contributed by atoms with E-state index >= 15 is 0 Å². The Bertz CT molecular complexity index is 1060. The van der Waals surface area contributed by atoms with Crippen LogP contribution in [0.1, 0.15) is 43.4 Å². The predicted molar refractivity (Wildman–Crippen MR) is 120 cm³/mol. The van der Waals surface area contributed by atoms with Crippen LogP contribution in [0.2, 0.25) is 5.02 Å². The summed E-state index contributed by atoms with van der Waals surface area (Å²) >= 11 is 6.16. The number of benzene rings is 2. The van der Waals surface area contributed by atoms with Crippen molar-refractivity contribution in [2.45, 2.75) is 44.0 Å². The van der Waals surface area contributed by atoms with E-state index in [-0.39, 0.29) is 28.2 Å². The lowest BCUT2D eigenvalue weighted by atomic mass is 10.0. The first-order chi connectivity index (χ1) is 14.7. The Labute approximate surface area is 187 Å². The number of halogens is 1. The van der Waals surface area contributed by atoms with Gasteiger partial charge in [0.25, 0.3) is 0 Å². The second-order valence-electron chi connectivity index (χ2n) is 7.67. The highest BCUT2D eigenvalue weighted by atomic mass is 35.5. The zero-order valence-corrected chi connectivity index (χ0v) is 19.1. The van der Waals surface area contributed by atoms with E-state index in [0.717, 1.165) is 24.0 Å². The van der Waals surface area contributed by atoms with E-state index in [1.165, 1.54) is 23.4 Å². The number of aryl methyl sites for hydroxylation is 1. The third-order valence-corrected chi connectivity index (χ3v) is 7.52. The first-order valence-corrected chi connectivity index (χ1v) is 11.9. The van der Waals surface area contributed by atoms with Gasteiger partial charge in [0.15, 0.2) is 0 Å². The van der Waals surface area contributed by atoms with Crippen LogP contribution in [-0.4, -0.2) is 37.6 Å². The third kappa shape index (κ3) is 5.84. The van der Waals surface area contributed by atoms with Crippen LogP contribution in [0, 0.1) is 6.92 Å².